The van der Waals surface area contributed by atoms with Crippen molar-refractivity contribution in [2.45, 2.75) is 87.5 Å². The van der Waals surface area contributed by atoms with Gasteiger partial charge in [-0.2, -0.15) is 11.6 Å². The van der Waals surface area contributed by atoms with Crippen molar-refractivity contribution in [3.63, 3.8) is 0 Å². The number of hydrogen-bond acceptors (Lipinski definition) is 4. The van der Waals surface area contributed by atoms with Crippen molar-refractivity contribution in [2.24, 2.45) is 10.8 Å². The number of rotatable bonds is 7. The summed E-state index contributed by atoms with van der Waals surface area (Å²) < 4.78 is 6.04. The Morgan fingerprint density at radius 3 is 2.16 bits per heavy atom. The summed E-state index contributed by atoms with van der Waals surface area (Å²) in [6, 6.07) is 17.6. The Kier molecular flexibility index (Phi) is 11.9. The minimum atomic E-state index is -0.377. The molecule has 1 N–H and O–H groups in total. The molecule has 0 amide bonds. The first-order valence-corrected chi connectivity index (χ1v) is 13.1. The van der Waals surface area contributed by atoms with Gasteiger partial charge in [-0.05, 0) is 35.8 Å². The number of fused-ring (bicyclic) bond motifs is 1. The predicted octanol–water partition coefficient (Wildman–Crippen LogP) is 9.30. The van der Waals surface area contributed by atoms with E-state index >= 15 is 0 Å². The van der Waals surface area contributed by atoms with Gasteiger partial charge < -0.3 is 9.84 Å². The zero-order chi connectivity index (χ0) is 28.0. The Morgan fingerprint density at radius 1 is 0.974 bits per heavy atom. The Hall–Kier alpha value is -2.49. The number of aliphatic hydroxyl groups is 1. The van der Waals surface area contributed by atoms with Gasteiger partial charge >= 0.3 is 0 Å². The van der Waals surface area contributed by atoms with Crippen molar-refractivity contribution < 1.29 is 34.7 Å². The fourth-order valence-corrected chi connectivity index (χ4v) is 3.32. The summed E-state index contributed by atoms with van der Waals surface area (Å²) in [5.74, 6) is 1.54. The number of aryl methyl sites for hydroxylation is 1. The van der Waals surface area contributed by atoms with Gasteiger partial charge in [0.05, 0.1) is 0 Å². The molecule has 0 unspecified atom stereocenters. The first-order chi connectivity index (χ1) is 17.1. The molecule has 3 aromatic rings. The molecule has 0 aliphatic heterocycles. The van der Waals surface area contributed by atoms with E-state index < -0.39 is 0 Å². The number of allylic oxidation sites excluding steroid dienone is 2. The Morgan fingerprint density at radius 2 is 1.58 bits per heavy atom. The molecule has 5 heteroatoms. The van der Waals surface area contributed by atoms with Crippen LogP contribution in [0.25, 0.3) is 10.8 Å². The minimum Gasteiger partial charge on any atom is -0.512 e. The number of hydrogen-bond donors (Lipinski definition) is 1. The quantitative estimate of drug-likeness (QED) is 0.152. The smallest absolute Gasteiger partial charge is 0.224 e. The molecule has 0 saturated heterocycles. The van der Waals surface area contributed by atoms with Crippen LogP contribution in [-0.4, -0.2) is 15.9 Å². The molecule has 4 nitrogen and oxygen atoms in total. The normalized spacial score (nSPS) is 12.3. The Balaban J connectivity index is 0.000000401. The molecular formula is C33H44IrNO3-. The third-order valence-electron chi connectivity index (χ3n) is 7.08. The third-order valence-corrected chi connectivity index (χ3v) is 7.08. The summed E-state index contributed by atoms with van der Waals surface area (Å²) in [5.41, 5.74) is 1.70. The van der Waals surface area contributed by atoms with Crippen LogP contribution in [0, 0.1) is 23.8 Å². The number of aliphatic hydroxyl groups excluding tert-OH is 1. The number of ether oxygens (including phenoxy) is 1. The molecule has 38 heavy (non-hydrogen) atoms. The maximum atomic E-state index is 11.8. The zero-order valence-corrected chi connectivity index (χ0v) is 27.0. The van der Waals surface area contributed by atoms with Crippen molar-refractivity contribution in [3.05, 3.63) is 77.7 Å². The molecule has 2 aromatic carbocycles. The molecule has 0 bridgehead atoms. The molecule has 1 heterocycles. The maximum Gasteiger partial charge on any atom is 0.224 e. The zero-order valence-electron chi connectivity index (χ0n) is 24.7. The van der Waals surface area contributed by atoms with Gasteiger partial charge in [-0.15, -0.1) is 17.7 Å². The van der Waals surface area contributed by atoms with E-state index in [9.17, 15) is 9.90 Å². The van der Waals surface area contributed by atoms with Crippen molar-refractivity contribution >= 4 is 16.6 Å². The first kappa shape index (κ1) is 33.5. The molecular weight excluding hydrogens is 651 g/mol. The predicted molar refractivity (Wildman–Crippen MR) is 154 cm³/mol. The molecule has 0 saturated carbocycles. The van der Waals surface area contributed by atoms with E-state index in [2.05, 4.69) is 50.0 Å². The molecule has 0 aliphatic rings. The van der Waals surface area contributed by atoms with Crippen LogP contribution in [0.1, 0.15) is 86.3 Å². The molecule has 209 valence electrons. The second-order valence-electron chi connectivity index (χ2n) is 12.0. The van der Waals surface area contributed by atoms with E-state index in [4.69, 9.17) is 4.74 Å². The summed E-state index contributed by atoms with van der Waals surface area (Å²) in [6.07, 6.45) is 4.77. The van der Waals surface area contributed by atoms with Crippen LogP contribution in [0.2, 0.25) is 0 Å². The fraction of sp³-hybridized carbons (Fsp3) is 0.455. The first-order valence-electron chi connectivity index (χ1n) is 13.1. The van der Waals surface area contributed by atoms with Crippen LogP contribution >= 0.6 is 0 Å². The van der Waals surface area contributed by atoms with E-state index in [1.54, 1.807) is 6.20 Å². The second kappa shape index (κ2) is 13.5. The number of carbonyl (C=O) groups excluding carboxylic acids is 1. The molecule has 0 aliphatic carbocycles. The molecule has 0 spiro atoms. The Bertz CT molecular complexity index is 1250. The number of aromatic nitrogens is 1. The fourth-order valence-electron chi connectivity index (χ4n) is 3.32. The molecule has 3 rings (SSSR count). The summed E-state index contributed by atoms with van der Waals surface area (Å²) >= 11 is 0. The maximum absolute atomic E-state index is 11.8. The van der Waals surface area contributed by atoms with Crippen LogP contribution in [0.3, 0.4) is 0 Å². The molecule has 1 radical (unpaired) electrons. The van der Waals surface area contributed by atoms with Crippen molar-refractivity contribution in [1.82, 2.24) is 4.98 Å². The number of nitrogens with zero attached hydrogens (tertiary/aromatic N) is 1. The van der Waals surface area contributed by atoms with Gasteiger partial charge in [0.2, 0.25) is 5.88 Å². The largest absolute Gasteiger partial charge is 0.512 e. The topological polar surface area (TPSA) is 59.4 Å². The standard InChI is InChI=1S/C20H20NO.C13H24O2.Ir/c1-14-11-16(20(2,3)4)13-17(12-14)22-19-18-8-6-5-7-15(18)9-10-21-19;1-7-12(3,4)10(14)9-11(15)13(5,6)8-2;/h5-11,13H,1-4H3;9,14H,7-8H2,1-6H3;/q-1;;/b;10-9-;. The molecule has 0 fully saturated rings. The summed E-state index contributed by atoms with van der Waals surface area (Å²) in [6.45, 7) is 20.3. The summed E-state index contributed by atoms with van der Waals surface area (Å²) in [4.78, 5) is 16.2. The van der Waals surface area contributed by atoms with Crippen molar-refractivity contribution in [2.75, 3.05) is 0 Å². The van der Waals surface area contributed by atoms with Gasteiger partial charge in [0.1, 0.15) is 5.76 Å². The summed E-state index contributed by atoms with van der Waals surface area (Å²) in [5, 5.41) is 12.0. The summed E-state index contributed by atoms with van der Waals surface area (Å²) in [7, 11) is 0. The Labute approximate surface area is 243 Å². The van der Waals surface area contributed by atoms with Crippen LogP contribution in [0.5, 0.6) is 11.6 Å². The second-order valence-corrected chi connectivity index (χ2v) is 12.0. The number of benzene rings is 2. The van der Waals surface area contributed by atoms with Crippen molar-refractivity contribution in [3.8, 4) is 11.6 Å². The van der Waals surface area contributed by atoms with E-state index in [0.29, 0.717) is 11.6 Å². The van der Waals surface area contributed by atoms with Gasteiger partial charge in [0.25, 0.3) is 0 Å². The number of pyridine rings is 1. The van der Waals surface area contributed by atoms with Crippen LogP contribution in [-0.2, 0) is 30.3 Å². The minimum absolute atomic E-state index is 0. The van der Waals surface area contributed by atoms with Crippen molar-refractivity contribution in [1.29, 1.82) is 0 Å². The van der Waals surface area contributed by atoms with Gasteiger partial charge in [0.15, 0.2) is 5.78 Å². The van der Waals surface area contributed by atoms with Crippen LogP contribution in [0.4, 0.5) is 0 Å². The molecule has 0 atom stereocenters. The van der Waals surface area contributed by atoms with Gasteiger partial charge in [0, 0.05) is 54.3 Å². The van der Waals surface area contributed by atoms with E-state index in [1.807, 2.05) is 72.7 Å². The monoisotopic (exact) mass is 695 g/mol. The van der Waals surface area contributed by atoms with E-state index in [-0.39, 0.29) is 47.9 Å². The van der Waals surface area contributed by atoms with Gasteiger partial charge in [-0.1, -0.05) is 87.4 Å². The van der Waals surface area contributed by atoms with Crippen LogP contribution < -0.4 is 4.74 Å². The number of ketones is 1. The number of carbonyl (C=O) groups is 1. The van der Waals surface area contributed by atoms with Crippen LogP contribution in [0.15, 0.2) is 60.5 Å². The van der Waals surface area contributed by atoms with E-state index in [1.165, 1.54) is 11.6 Å². The molecule has 1 aromatic heterocycles. The third kappa shape index (κ3) is 9.06. The average molecular weight is 695 g/mol. The SMILES string of the molecule is CCC(C)(C)C(=O)/C=C(\O)C(C)(C)CC.Cc1[c-]c(Oc2nccc3ccccc23)cc(C(C)(C)C)c1.[Ir]. The van der Waals surface area contributed by atoms with E-state index in [0.717, 1.165) is 29.2 Å². The van der Waals surface area contributed by atoms with Gasteiger partial charge in [-0.3, -0.25) is 4.79 Å². The van der Waals surface area contributed by atoms with Gasteiger partial charge in [-0.25, -0.2) is 4.98 Å². The average Bonchev–Trinajstić information content (AvgIpc) is 2.83.